The molecule has 1 aromatic carbocycles. The molecule has 1 aromatic rings. The monoisotopic (exact) mass is 255 g/mol. The minimum absolute atomic E-state index is 0.736. The maximum atomic E-state index is 6.35. The van der Waals surface area contributed by atoms with E-state index in [1.165, 1.54) is 5.56 Å². The van der Waals surface area contributed by atoms with Gasteiger partial charge in [-0.05, 0) is 68.8 Å². The van der Waals surface area contributed by atoms with Gasteiger partial charge in [-0.25, -0.2) is 0 Å². The molecule has 0 aliphatic rings. The smallest absolute Gasteiger partial charge is 0.125 e. The molecular formula is C14H22ClNO. The summed E-state index contributed by atoms with van der Waals surface area (Å²) in [7, 11) is 1.72. The molecule has 0 spiro atoms. The van der Waals surface area contributed by atoms with Gasteiger partial charge in [0, 0.05) is 5.02 Å². The number of hydrogen-bond acceptors (Lipinski definition) is 2. The number of unbranched alkanes of at least 4 members (excludes halogenated alkanes) is 1. The second-order valence-electron chi connectivity index (χ2n) is 4.45. The van der Waals surface area contributed by atoms with Gasteiger partial charge in [0.25, 0.3) is 0 Å². The first-order valence-corrected chi connectivity index (χ1v) is 6.44. The summed E-state index contributed by atoms with van der Waals surface area (Å²) in [6.45, 7) is 6.90. The van der Waals surface area contributed by atoms with E-state index >= 15 is 0 Å². The molecule has 0 saturated heterocycles. The average Bonchev–Trinajstić information content (AvgIpc) is 2.33. The van der Waals surface area contributed by atoms with E-state index in [1.807, 2.05) is 6.92 Å². The van der Waals surface area contributed by atoms with Gasteiger partial charge in [-0.15, -0.1) is 0 Å². The summed E-state index contributed by atoms with van der Waals surface area (Å²) in [5.41, 5.74) is 10.2. The van der Waals surface area contributed by atoms with E-state index in [1.54, 1.807) is 7.11 Å². The lowest BCUT2D eigenvalue weighted by Crippen LogP contribution is -2.04. The van der Waals surface area contributed by atoms with Gasteiger partial charge in [0.15, 0.2) is 0 Å². The molecular weight excluding hydrogens is 234 g/mol. The summed E-state index contributed by atoms with van der Waals surface area (Å²) in [5, 5.41) is 0.867. The SMILES string of the molecule is COc1c(C)c(C)c(Cl)c(C)c1CCCCN. The molecule has 0 unspecified atom stereocenters. The summed E-state index contributed by atoms with van der Waals surface area (Å²) in [6, 6.07) is 0. The quantitative estimate of drug-likeness (QED) is 0.817. The number of nitrogens with two attached hydrogens (primary N) is 1. The van der Waals surface area contributed by atoms with Crippen LogP contribution >= 0.6 is 11.6 Å². The number of hydrogen-bond donors (Lipinski definition) is 1. The lowest BCUT2D eigenvalue weighted by Gasteiger charge is -2.18. The highest BCUT2D eigenvalue weighted by Gasteiger charge is 2.16. The number of benzene rings is 1. The lowest BCUT2D eigenvalue weighted by molar-refractivity contribution is 0.405. The highest BCUT2D eigenvalue weighted by atomic mass is 35.5. The minimum Gasteiger partial charge on any atom is -0.496 e. The fourth-order valence-corrected chi connectivity index (χ4v) is 2.42. The van der Waals surface area contributed by atoms with Crippen LogP contribution in [0.3, 0.4) is 0 Å². The molecule has 0 fully saturated rings. The maximum absolute atomic E-state index is 6.35. The molecule has 0 bridgehead atoms. The number of methoxy groups -OCH3 is 1. The summed E-state index contributed by atoms with van der Waals surface area (Å²) in [5.74, 6) is 0.987. The first kappa shape index (κ1) is 14.3. The molecule has 1 rings (SSSR count). The van der Waals surface area contributed by atoms with E-state index in [9.17, 15) is 0 Å². The van der Waals surface area contributed by atoms with Crippen molar-refractivity contribution < 1.29 is 4.74 Å². The highest BCUT2D eigenvalue weighted by Crippen LogP contribution is 2.36. The fraction of sp³-hybridized carbons (Fsp3) is 0.571. The Morgan fingerprint density at radius 3 is 2.24 bits per heavy atom. The van der Waals surface area contributed by atoms with Crippen LogP contribution in [0, 0.1) is 20.8 Å². The molecule has 96 valence electrons. The van der Waals surface area contributed by atoms with Gasteiger partial charge in [-0.1, -0.05) is 11.6 Å². The van der Waals surface area contributed by atoms with Crippen LogP contribution < -0.4 is 10.5 Å². The Morgan fingerprint density at radius 1 is 1.06 bits per heavy atom. The maximum Gasteiger partial charge on any atom is 0.125 e. The Labute approximate surface area is 109 Å². The zero-order valence-electron chi connectivity index (χ0n) is 11.2. The Hall–Kier alpha value is -0.730. The molecule has 2 nitrogen and oxygen atoms in total. The average molecular weight is 256 g/mol. The molecule has 0 heterocycles. The second kappa shape index (κ2) is 6.27. The summed E-state index contributed by atoms with van der Waals surface area (Å²) >= 11 is 6.35. The zero-order chi connectivity index (χ0) is 13.0. The summed E-state index contributed by atoms with van der Waals surface area (Å²) in [6.07, 6.45) is 3.09. The molecule has 0 aliphatic carbocycles. The Balaban J connectivity index is 3.17. The van der Waals surface area contributed by atoms with Crippen molar-refractivity contribution in [3.63, 3.8) is 0 Å². The van der Waals surface area contributed by atoms with E-state index in [2.05, 4.69) is 13.8 Å². The Bertz CT molecular complexity index is 402. The largest absolute Gasteiger partial charge is 0.496 e. The molecule has 0 amide bonds. The zero-order valence-corrected chi connectivity index (χ0v) is 11.9. The van der Waals surface area contributed by atoms with Crippen LogP contribution in [0.5, 0.6) is 5.75 Å². The second-order valence-corrected chi connectivity index (χ2v) is 4.82. The molecule has 3 heteroatoms. The van der Waals surface area contributed by atoms with Gasteiger partial charge in [0.1, 0.15) is 5.75 Å². The third kappa shape index (κ3) is 2.93. The summed E-state index contributed by atoms with van der Waals surface area (Å²) in [4.78, 5) is 0. The topological polar surface area (TPSA) is 35.2 Å². The van der Waals surface area contributed by atoms with Crippen LogP contribution in [0.1, 0.15) is 35.1 Å². The fourth-order valence-electron chi connectivity index (χ4n) is 2.17. The Kier molecular flexibility index (Phi) is 5.29. The molecule has 2 N–H and O–H groups in total. The van der Waals surface area contributed by atoms with Crippen molar-refractivity contribution in [3.8, 4) is 5.75 Å². The van der Waals surface area contributed by atoms with E-state index in [0.717, 1.165) is 53.3 Å². The van der Waals surface area contributed by atoms with Crippen LogP contribution in [0.15, 0.2) is 0 Å². The minimum atomic E-state index is 0.736. The van der Waals surface area contributed by atoms with E-state index in [4.69, 9.17) is 22.1 Å². The van der Waals surface area contributed by atoms with Crippen molar-refractivity contribution in [1.82, 2.24) is 0 Å². The predicted molar refractivity (Wildman–Crippen MR) is 74.2 cm³/mol. The van der Waals surface area contributed by atoms with Crippen molar-refractivity contribution in [1.29, 1.82) is 0 Å². The third-order valence-electron chi connectivity index (χ3n) is 3.37. The van der Waals surface area contributed by atoms with E-state index in [-0.39, 0.29) is 0 Å². The number of halogens is 1. The predicted octanol–water partition coefficient (Wildman–Crippen LogP) is 3.56. The van der Waals surface area contributed by atoms with Gasteiger partial charge in [-0.2, -0.15) is 0 Å². The van der Waals surface area contributed by atoms with Crippen molar-refractivity contribution in [2.24, 2.45) is 5.73 Å². The van der Waals surface area contributed by atoms with Crippen LogP contribution in [0.25, 0.3) is 0 Å². The molecule has 0 aliphatic heterocycles. The summed E-state index contributed by atoms with van der Waals surface area (Å²) < 4.78 is 5.53. The molecule has 0 atom stereocenters. The molecule has 0 radical (unpaired) electrons. The van der Waals surface area contributed by atoms with E-state index < -0.39 is 0 Å². The third-order valence-corrected chi connectivity index (χ3v) is 3.94. The Morgan fingerprint density at radius 2 is 1.71 bits per heavy atom. The molecule has 17 heavy (non-hydrogen) atoms. The molecule has 0 saturated carbocycles. The van der Waals surface area contributed by atoms with Crippen LogP contribution in [-0.4, -0.2) is 13.7 Å². The van der Waals surface area contributed by atoms with Gasteiger partial charge < -0.3 is 10.5 Å². The van der Waals surface area contributed by atoms with Crippen LogP contribution in [0.4, 0.5) is 0 Å². The lowest BCUT2D eigenvalue weighted by atomic mass is 9.95. The van der Waals surface area contributed by atoms with Crippen LogP contribution in [0.2, 0.25) is 5.02 Å². The molecule has 0 aromatic heterocycles. The number of rotatable bonds is 5. The van der Waals surface area contributed by atoms with Gasteiger partial charge in [-0.3, -0.25) is 0 Å². The van der Waals surface area contributed by atoms with Gasteiger partial charge in [0.05, 0.1) is 7.11 Å². The van der Waals surface area contributed by atoms with Crippen LogP contribution in [-0.2, 0) is 6.42 Å². The van der Waals surface area contributed by atoms with Crippen molar-refractivity contribution >= 4 is 11.6 Å². The first-order chi connectivity index (χ1) is 8.04. The van der Waals surface area contributed by atoms with Crippen molar-refractivity contribution in [2.45, 2.75) is 40.0 Å². The first-order valence-electron chi connectivity index (χ1n) is 6.06. The highest BCUT2D eigenvalue weighted by molar-refractivity contribution is 6.32. The van der Waals surface area contributed by atoms with Crippen molar-refractivity contribution in [2.75, 3.05) is 13.7 Å². The van der Waals surface area contributed by atoms with Gasteiger partial charge >= 0.3 is 0 Å². The standard InChI is InChI=1S/C14H22ClNO/c1-9-10(2)14(17-4)12(7-5-6-8-16)11(3)13(9)15/h5-8,16H2,1-4H3. The van der Waals surface area contributed by atoms with Gasteiger partial charge in [0.2, 0.25) is 0 Å². The van der Waals surface area contributed by atoms with E-state index in [0.29, 0.717) is 0 Å². The normalized spacial score (nSPS) is 10.7. The number of ether oxygens (including phenoxy) is 1. The van der Waals surface area contributed by atoms with Crippen molar-refractivity contribution in [3.05, 3.63) is 27.3 Å².